The molecule has 1 amide bonds. The van der Waals surface area contributed by atoms with Gasteiger partial charge >= 0.3 is 0 Å². The van der Waals surface area contributed by atoms with Gasteiger partial charge in [0.25, 0.3) is 0 Å². The Morgan fingerprint density at radius 3 is 2.73 bits per heavy atom. The van der Waals surface area contributed by atoms with Crippen LogP contribution in [0.2, 0.25) is 0 Å². The maximum absolute atomic E-state index is 13.8. The lowest BCUT2D eigenvalue weighted by atomic mass is 10.1. The van der Waals surface area contributed by atoms with Gasteiger partial charge in [-0.05, 0) is 48.4 Å². The van der Waals surface area contributed by atoms with Gasteiger partial charge in [-0.3, -0.25) is 4.79 Å². The SMILES string of the molecule is O=C(C=Cc1cc(-c2ccccc2F)cs1)N1CCCCC1. The lowest BCUT2D eigenvalue weighted by Crippen LogP contribution is -2.34. The molecule has 0 bridgehead atoms. The monoisotopic (exact) mass is 315 g/mol. The number of hydrogen-bond donors (Lipinski definition) is 0. The summed E-state index contributed by atoms with van der Waals surface area (Å²) in [6.45, 7) is 1.71. The van der Waals surface area contributed by atoms with Gasteiger partial charge in [0.05, 0.1) is 0 Å². The number of likely N-dealkylation sites (tertiary alicyclic amines) is 1. The number of hydrogen-bond acceptors (Lipinski definition) is 2. The van der Waals surface area contributed by atoms with E-state index >= 15 is 0 Å². The van der Waals surface area contributed by atoms with Gasteiger partial charge in [0.2, 0.25) is 5.91 Å². The molecule has 0 N–H and O–H groups in total. The summed E-state index contributed by atoms with van der Waals surface area (Å²) in [5, 5.41) is 1.92. The Kier molecular flexibility index (Phi) is 4.68. The molecule has 2 heterocycles. The normalized spacial score (nSPS) is 15.4. The topological polar surface area (TPSA) is 20.3 Å². The Morgan fingerprint density at radius 2 is 1.95 bits per heavy atom. The van der Waals surface area contributed by atoms with Crippen LogP contribution in [-0.2, 0) is 4.79 Å². The first-order valence-electron chi connectivity index (χ1n) is 7.54. The van der Waals surface area contributed by atoms with Gasteiger partial charge in [0.1, 0.15) is 5.82 Å². The molecular weight excluding hydrogens is 297 g/mol. The van der Waals surface area contributed by atoms with Crippen LogP contribution in [0.3, 0.4) is 0 Å². The standard InChI is InChI=1S/C18H18FNOS/c19-17-7-3-2-6-16(17)14-12-15(22-13-14)8-9-18(21)20-10-4-1-5-11-20/h2-3,6-9,12-13H,1,4-5,10-11H2. The Balaban J connectivity index is 1.70. The fraction of sp³-hybridized carbons (Fsp3) is 0.278. The maximum Gasteiger partial charge on any atom is 0.246 e. The summed E-state index contributed by atoms with van der Waals surface area (Å²) in [6.07, 6.45) is 6.85. The van der Waals surface area contributed by atoms with Crippen LogP contribution in [0.15, 0.2) is 41.8 Å². The van der Waals surface area contributed by atoms with Gasteiger partial charge in [-0.15, -0.1) is 11.3 Å². The fourth-order valence-corrected chi connectivity index (χ4v) is 3.45. The van der Waals surface area contributed by atoms with Gasteiger partial charge in [0, 0.05) is 29.6 Å². The second-order valence-electron chi connectivity index (χ2n) is 5.44. The van der Waals surface area contributed by atoms with Crippen molar-refractivity contribution in [2.45, 2.75) is 19.3 Å². The second kappa shape index (κ2) is 6.88. The summed E-state index contributed by atoms with van der Waals surface area (Å²) >= 11 is 1.52. The first-order valence-corrected chi connectivity index (χ1v) is 8.42. The predicted octanol–water partition coefficient (Wildman–Crippen LogP) is 4.58. The Morgan fingerprint density at radius 1 is 1.18 bits per heavy atom. The van der Waals surface area contributed by atoms with Crippen LogP contribution in [0.5, 0.6) is 0 Å². The molecule has 1 aromatic heterocycles. The summed E-state index contributed by atoms with van der Waals surface area (Å²) in [5.74, 6) is -0.152. The van der Waals surface area contributed by atoms with E-state index in [0.29, 0.717) is 5.56 Å². The molecule has 0 spiro atoms. The van der Waals surface area contributed by atoms with Crippen molar-refractivity contribution in [2.75, 3.05) is 13.1 Å². The number of carbonyl (C=O) groups excluding carboxylic acids is 1. The van der Waals surface area contributed by atoms with Gasteiger partial charge in [-0.2, -0.15) is 0 Å². The molecule has 1 aliphatic heterocycles. The van der Waals surface area contributed by atoms with Gasteiger partial charge in [0.15, 0.2) is 0 Å². The summed E-state index contributed by atoms with van der Waals surface area (Å²) in [5.41, 5.74) is 1.45. The zero-order valence-electron chi connectivity index (χ0n) is 12.3. The van der Waals surface area contributed by atoms with Gasteiger partial charge < -0.3 is 4.90 Å². The fourth-order valence-electron chi connectivity index (χ4n) is 2.65. The van der Waals surface area contributed by atoms with Crippen LogP contribution in [-0.4, -0.2) is 23.9 Å². The van der Waals surface area contributed by atoms with Crippen molar-refractivity contribution < 1.29 is 9.18 Å². The van der Waals surface area contributed by atoms with Crippen LogP contribution in [0.1, 0.15) is 24.1 Å². The van der Waals surface area contributed by atoms with E-state index in [0.717, 1.165) is 36.4 Å². The molecule has 1 saturated heterocycles. The third kappa shape index (κ3) is 3.45. The molecule has 0 radical (unpaired) electrons. The largest absolute Gasteiger partial charge is 0.339 e. The lowest BCUT2D eigenvalue weighted by Gasteiger charge is -2.25. The molecule has 0 aliphatic carbocycles. The lowest BCUT2D eigenvalue weighted by molar-refractivity contribution is -0.126. The van der Waals surface area contributed by atoms with E-state index in [-0.39, 0.29) is 11.7 Å². The number of benzene rings is 1. The van der Waals surface area contributed by atoms with Crippen LogP contribution in [0.4, 0.5) is 4.39 Å². The Labute approximate surface area is 133 Å². The van der Waals surface area contributed by atoms with Crippen LogP contribution >= 0.6 is 11.3 Å². The third-order valence-corrected chi connectivity index (χ3v) is 4.76. The van der Waals surface area contributed by atoms with E-state index in [2.05, 4.69) is 0 Å². The number of piperidine rings is 1. The van der Waals surface area contributed by atoms with E-state index < -0.39 is 0 Å². The zero-order chi connectivity index (χ0) is 15.4. The maximum atomic E-state index is 13.8. The molecule has 0 saturated carbocycles. The van der Waals surface area contributed by atoms with E-state index in [9.17, 15) is 9.18 Å². The van der Waals surface area contributed by atoms with E-state index in [1.165, 1.54) is 23.8 Å². The molecular formula is C18H18FNOS. The average Bonchev–Trinajstić information content (AvgIpc) is 3.02. The van der Waals surface area contributed by atoms with Crippen molar-refractivity contribution in [2.24, 2.45) is 0 Å². The van der Waals surface area contributed by atoms with Crippen LogP contribution in [0, 0.1) is 5.82 Å². The molecule has 0 atom stereocenters. The molecule has 3 rings (SSSR count). The molecule has 1 aromatic carbocycles. The average molecular weight is 315 g/mol. The van der Waals surface area contributed by atoms with Gasteiger partial charge in [-0.1, -0.05) is 18.2 Å². The Bertz CT molecular complexity index is 686. The first-order chi connectivity index (χ1) is 10.7. The van der Waals surface area contributed by atoms with Crippen molar-refractivity contribution in [3.05, 3.63) is 52.5 Å². The number of nitrogens with zero attached hydrogens (tertiary/aromatic N) is 1. The number of amides is 1. The molecule has 4 heteroatoms. The molecule has 1 aliphatic rings. The van der Waals surface area contributed by atoms with Crippen molar-refractivity contribution in [3.63, 3.8) is 0 Å². The van der Waals surface area contributed by atoms with Crippen molar-refractivity contribution in [1.29, 1.82) is 0 Å². The first kappa shape index (κ1) is 15.0. The van der Waals surface area contributed by atoms with Crippen molar-refractivity contribution in [1.82, 2.24) is 4.90 Å². The smallest absolute Gasteiger partial charge is 0.246 e. The van der Waals surface area contributed by atoms with E-state index in [4.69, 9.17) is 0 Å². The van der Waals surface area contributed by atoms with Crippen LogP contribution < -0.4 is 0 Å². The highest BCUT2D eigenvalue weighted by molar-refractivity contribution is 7.11. The summed E-state index contributed by atoms with van der Waals surface area (Å²) in [6, 6.07) is 8.66. The van der Waals surface area contributed by atoms with Gasteiger partial charge in [-0.25, -0.2) is 4.39 Å². The number of halogens is 1. The van der Waals surface area contributed by atoms with Crippen LogP contribution in [0.25, 0.3) is 17.2 Å². The van der Waals surface area contributed by atoms with E-state index in [1.807, 2.05) is 28.5 Å². The number of thiophene rings is 1. The minimum absolute atomic E-state index is 0.0699. The molecule has 114 valence electrons. The molecule has 0 unspecified atom stereocenters. The number of rotatable bonds is 3. The quantitative estimate of drug-likeness (QED) is 0.759. The van der Waals surface area contributed by atoms with E-state index in [1.54, 1.807) is 18.2 Å². The summed E-state index contributed by atoms with van der Waals surface area (Å²) in [7, 11) is 0. The highest BCUT2D eigenvalue weighted by Gasteiger charge is 2.13. The third-order valence-electron chi connectivity index (χ3n) is 3.86. The van der Waals surface area contributed by atoms with Crippen molar-refractivity contribution >= 4 is 23.3 Å². The minimum Gasteiger partial charge on any atom is -0.339 e. The molecule has 1 fully saturated rings. The Hall–Kier alpha value is -1.94. The van der Waals surface area contributed by atoms with Crippen molar-refractivity contribution in [3.8, 4) is 11.1 Å². The molecule has 22 heavy (non-hydrogen) atoms. The highest BCUT2D eigenvalue weighted by Crippen LogP contribution is 2.28. The molecule has 2 nitrogen and oxygen atoms in total. The summed E-state index contributed by atoms with van der Waals surface area (Å²) in [4.78, 5) is 14.9. The minimum atomic E-state index is -0.222. The summed E-state index contributed by atoms with van der Waals surface area (Å²) < 4.78 is 13.8. The highest BCUT2D eigenvalue weighted by atomic mass is 32.1. The zero-order valence-corrected chi connectivity index (χ0v) is 13.1. The predicted molar refractivity (Wildman–Crippen MR) is 89.2 cm³/mol. The number of carbonyl (C=O) groups is 1. The second-order valence-corrected chi connectivity index (χ2v) is 6.38. The molecule has 2 aromatic rings.